The highest BCUT2D eigenvalue weighted by Gasteiger charge is 2.18. The average molecular weight is 317 g/mol. The van der Waals surface area contributed by atoms with E-state index in [9.17, 15) is 4.79 Å². The van der Waals surface area contributed by atoms with Crippen LogP contribution in [0, 0.1) is 6.92 Å². The molecule has 1 aromatic rings. The summed E-state index contributed by atoms with van der Waals surface area (Å²) < 4.78 is 0. The Kier molecular flexibility index (Phi) is 7.35. The lowest BCUT2D eigenvalue weighted by atomic mass is 10.1. The molecule has 20 heavy (non-hydrogen) atoms. The van der Waals surface area contributed by atoms with Crippen LogP contribution in [-0.2, 0) is 11.3 Å². The van der Waals surface area contributed by atoms with E-state index in [0.29, 0.717) is 0 Å². The Morgan fingerprint density at radius 1 is 1.20 bits per heavy atom. The lowest BCUT2D eigenvalue weighted by Gasteiger charge is -2.22. The third kappa shape index (κ3) is 4.65. The number of nitrogens with zero attached hydrogens (tertiary/aromatic N) is 2. The lowest BCUT2D eigenvalue weighted by Crippen LogP contribution is -2.35. The molecule has 1 aromatic carbocycles. The third-order valence-corrected chi connectivity index (χ3v) is 3.94. The van der Waals surface area contributed by atoms with E-state index in [1.165, 1.54) is 11.1 Å². The third-order valence-electron chi connectivity index (χ3n) is 3.71. The van der Waals surface area contributed by atoms with Crippen molar-refractivity contribution in [2.75, 3.05) is 32.1 Å². The Hall–Kier alpha value is -0.770. The molecule has 3 nitrogen and oxygen atoms in total. The van der Waals surface area contributed by atoms with Crippen molar-refractivity contribution in [3.8, 4) is 0 Å². The van der Waals surface area contributed by atoms with Crippen LogP contribution in [0.15, 0.2) is 24.3 Å². The van der Waals surface area contributed by atoms with Gasteiger partial charge in [-0.2, -0.15) is 0 Å². The first-order valence-electron chi connectivity index (χ1n) is 6.81. The van der Waals surface area contributed by atoms with Crippen molar-refractivity contribution in [3.05, 3.63) is 35.4 Å². The Balaban J connectivity index is 0.00000200. The van der Waals surface area contributed by atoms with Crippen LogP contribution in [0.3, 0.4) is 0 Å². The number of rotatable bonds is 3. The van der Waals surface area contributed by atoms with Gasteiger partial charge in [0, 0.05) is 32.7 Å². The van der Waals surface area contributed by atoms with E-state index in [1.54, 1.807) is 0 Å². The highest BCUT2D eigenvalue weighted by Crippen LogP contribution is 2.12. The molecular formula is C15H22Cl2N2O. The van der Waals surface area contributed by atoms with Gasteiger partial charge in [-0.05, 0) is 24.5 Å². The van der Waals surface area contributed by atoms with Crippen LogP contribution in [-0.4, -0.2) is 47.8 Å². The highest BCUT2D eigenvalue weighted by molar-refractivity contribution is 6.27. The molecule has 1 fully saturated rings. The standard InChI is InChI=1S/C15H21ClN2O.ClH/c1-13-5-2-3-6-14(13)12-17-7-4-8-18(10-9-17)15(19)11-16;/h2-3,5-6H,4,7-12H2,1H3;1H. The summed E-state index contributed by atoms with van der Waals surface area (Å²) in [5, 5.41) is 0. The zero-order chi connectivity index (χ0) is 13.7. The van der Waals surface area contributed by atoms with Crippen molar-refractivity contribution < 1.29 is 4.79 Å². The smallest absolute Gasteiger partial charge is 0.237 e. The Morgan fingerprint density at radius 2 is 1.95 bits per heavy atom. The molecule has 0 atom stereocenters. The summed E-state index contributed by atoms with van der Waals surface area (Å²) >= 11 is 5.62. The molecule has 112 valence electrons. The van der Waals surface area contributed by atoms with Crippen molar-refractivity contribution in [1.82, 2.24) is 9.80 Å². The van der Waals surface area contributed by atoms with E-state index < -0.39 is 0 Å². The molecule has 0 spiro atoms. The Bertz CT molecular complexity index is 440. The van der Waals surface area contributed by atoms with Crippen LogP contribution >= 0.6 is 24.0 Å². The topological polar surface area (TPSA) is 23.6 Å². The minimum atomic E-state index is 0. The maximum Gasteiger partial charge on any atom is 0.237 e. The first-order valence-corrected chi connectivity index (χ1v) is 7.35. The number of hydrogen-bond donors (Lipinski definition) is 0. The Labute approximate surface area is 132 Å². The molecule has 0 aliphatic carbocycles. The second-order valence-electron chi connectivity index (χ2n) is 5.07. The number of aryl methyl sites for hydroxylation is 1. The normalized spacial score (nSPS) is 16.4. The molecule has 0 unspecified atom stereocenters. The molecule has 0 N–H and O–H groups in total. The SMILES string of the molecule is Cc1ccccc1CN1CCCN(C(=O)CCl)CC1.Cl. The van der Waals surface area contributed by atoms with Gasteiger partial charge in [0.1, 0.15) is 5.88 Å². The predicted octanol–water partition coefficient (Wildman–Crippen LogP) is 2.69. The van der Waals surface area contributed by atoms with E-state index in [0.717, 1.165) is 39.1 Å². The van der Waals surface area contributed by atoms with E-state index >= 15 is 0 Å². The van der Waals surface area contributed by atoms with Crippen LogP contribution in [0.25, 0.3) is 0 Å². The van der Waals surface area contributed by atoms with Gasteiger partial charge in [-0.3, -0.25) is 9.69 Å². The van der Waals surface area contributed by atoms with Crippen molar-refractivity contribution in [2.45, 2.75) is 19.9 Å². The summed E-state index contributed by atoms with van der Waals surface area (Å²) in [6, 6.07) is 8.49. The predicted molar refractivity (Wildman–Crippen MR) is 85.6 cm³/mol. The zero-order valence-corrected chi connectivity index (χ0v) is 13.4. The summed E-state index contributed by atoms with van der Waals surface area (Å²) in [6.07, 6.45) is 1.02. The fourth-order valence-electron chi connectivity index (χ4n) is 2.49. The number of carbonyl (C=O) groups is 1. The maximum atomic E-state index is 11.6. The minimum Gasteiger partial charge on any atom is -0.340 e. The van der Waals surface area contributed by atoms with E-state index in [2.05, 4.69) is 36.1 Å². The van der Waals surface area contributed by atoms with Crippen LogP contribution in [0.1, 0.15) is 17.5 Å². The van der Waals surface area contributed by atoms with Gasteiger partial charge >= 0.3 is 0 Å². The molecule has 0 saturated carbocycles. The van der Waals surface area contributed by atoms with Gasteiger partial charge in [0.2, 0.25) is 5.91 Å². The van der Waals surface area contributed by atoms with E-state index in [1.807, 2.05) is 4.90 Å². The fourth-order valence-corrected chi connectivity index (χ4v) is 2.66. The zero-order valence-electron chi connectivity index (χ0n) is 11.8. The molecule has 0 radical (unpaired) electrons. The molecule has 5 heteroatoms. The number of hydrogen-bond acceptors (Lipinski definition) is 2. The number of amides is 1. The largest absolute Gasteiger partial charge is 0.340 e. The summed E-state index contributed by atoms with van der Waals surface area (Å²) in [4.78, 5) is 15.9. The second kappa shape index (κ2) is 8.50. The molecule has 2 rings (SSSR count). The van der Waals surface area contributed by atoms with Gasteiger partial charge in [0.05, 0.1) is 0 Å². The monoisotopic (exact) mass is 316 g/mol. The lowest BCUT2D eigenvalue weighted by molar-refractivity contribution is -0.128. The van der Waals surface area contributed by atoms with Gasteiger partial charge in [-0.1, -0.05) is 24.3 Å². The number of halogens is 2. The van der Waals surface area contributed by atoms with Gasteiger partial charge in [0.15, 0.2) is 0 Å². The van der Waals surface area contributed by atoms with Gasteiger partial charge < -0.3 is 4.90 Å². The second-order valence-corrected chi connectivity index (χ2v) is 5.34. The van der Waals surface area contributed by atoms with Crippen molar-refractivity contribution in [1.29, 1.82) is 0 Å². The molecule has 0 bridgehead atoms. The number of alkyl halides is 1. The molecule has 1 saturated heterocycles. The molecule has 1 aliphatic heterocycles. The van der Waals surface area contributed by atoms with Gasteiger partial charge in [-0.25, -0.2) is 0 Å². The minimum absolute atomic E-state index is 0. The van der Waals surface area contributed by atoms with Crippen LogP contribution < -0.4 is 0 Å². The maximum absolute atomic E-state index is 11.6. The molecule has 0 aromatic heterocycles. The molecule has 1 amide bonds. The van der Waals surface area contributed by atoms with E-state index in [-0.39, 0.29) is 24.2 Å². The molecule has 1 heterocycles. The number of carbonyl (C=O) groups excluding carboxylic acids is 1. The van der Waals surface area contributed by atoms with Crippen molar-refractivity contribution in [2.24, 2.45) is 0 Å². The summed E-state index contributed by atoms with van der Waals surface area (Å²) in [5.41, 5.74) is 2.71. The summed E-state index contributed by atoms with van der Waals surface area (Å²) in [5.74, 6) is 0.150. The van der Waals surface area contributed by atoms with Crippen molar-refractivity contribution >= 4 is 29.9 Å². The fraction of sp³-hybridized carbons (Fsp3) is 0.533. The Morgan fingerprint density at radius 3 is 2.65 bits per heavy atom. The number of benzene rings is 1. The van der Waals surface area contributed by atoms with Crippen LogP contribution in [0.5, 0.6) is 0 Å². The molecular weight excluding hydrogens is 295 g/mol. The summed E-state index contributed by atoms with van der Waals surface area (Å²) in [6.45, 7) is 6.71. The van der Waals surface area contributed by atoms with Crippen LogP contribution in [0.4, 0.5) is 0 Å². The first kappa shape index (κ1) is 17.3. The van der Waals surface area contributed by atoms with Crippen molar-refractivity contribution in [3.63, 3.8) is 0 Å². The average Bonchev–Trinajstić information content (AvgIpc) is 2.66. The highest BCUT2D eigenvalue weighted by atomic mass is 35.5. The molecule has 1 aliphatic rings. The van der Waals surface area contributed by atoms with E-state index in [4.69, 9.17) is 11.6 Å². The first-order chi connectivity index (χ1) is 9.20. The van der Waals surface area contributed by atoms with Gasteiger partial charge in [-0.15, -0.1) is 24.0 Å². The van der Waals surface area contributed by atoms with Crippen LogP contribution in [0.2, 0.25) is 0 Å². The quantitative estimate of drug-likeness (QED) is 0.800. The van der Waals surface area contributed by atoms with Gasteiger partial charge in [0.25, 0.3) is 0 Å². The summed E-state index contributed by atoms with van der Waals surface area (Å²) in [7, 11) is 0.